The van der Waals surface area contributed by atoms with Crippen LogP contribution < -0.4 is 10.1 Å². The largest absolute Gasteiger partial charge is 0.493 e. The fraction of sp³-hybridized carbons (Fsp3) is 0.368. The second-order valence-corrected chi connectivity index (χ2v) is 6.24. The molecule has 0 atom stereocenters. The van der Waals surface area contributed by atoms with Gasteiger partial charge in [0.25, 0.3) is 0 Å². The van der Waals surface area contributed by atoms with Crippen molar-refractivity contribution < 1.29 is 4.74 Å². The van der Waals surface area contributed by atoms with Crippen molar-refractivity contribution >= 4 is 11.6 Å². The summed E-state index contributed by atoms with van der Waals surface area (Å²) in [7, 11) is 0. The molecule has 2 rings (SSSR count). The summed E-state index contributed by atoms with van der Waals surface area (Å²) in [4.78, 5) is 0. The molecule has 0 aliphatic carbocycles. The Kier molecular flexibility index (Phi) is 6.75. The molecular formula is C19H24ClNO. The number of rotatable bonds is 8. The second-order valence-electron chi connectivity index (χ2n) is 5.83. The number of hydrogen-bond donors (Lipinski definition) is 1. The minimum Gasteiger partial charge on any atom is -0.493 e. The molecule has 0 fully saturated rings. The third-order valence-electron chi connectivity index (χ3n) is 3.51. The smallest absolute Gasteiger partial charge is 0.123 e. The Hall–Kier alpha value is -1.51. The maximum atomic E-state index is 6.17. The fourth-order valence-electron chi connectivity index (χ4n) is 2.17. The summed E-state index contributed by atoms with van der Waals surface area (Å²) >= 11 is 6.17. The van der Waals surface area contributed by atoms with Gasteiger partial charge >= 0.3 is 0 Å². The first-order valence-electron chi connectivity index (χ1n) is 7.81. The highest BCUT2D eigenvalue weighted by Crippen LogP contribution is 2.19. The van der Waals surface area contributed by atoms with Crippen LogP contribution in [0.2, 0.25) is 5.02 Å². The van der Waals surface area contributed by atoms with Crippen molar-refractivity contribution in [2.45, 2.75) is 33.4 Å². The van der Waals surface area contributed by atoms with Crippen molar-refractivity contribution in [2.24, 2.45) is 5.92 Å². The Balaban J connectivity index is 1.88. The van der Waals surface area contributed by atoms with E-state index >= 15 is 0 Å². The van der Waals surface area contributed by atoms with Crippen molar-refractivity contribution in [3.05, 3.63) is 64.7 Å². The Bertz CT molecular complexity index is 583. The minimum atomic E-state index is 0.658. The van der Waals surface area contributed by atoms with E-state index in [0.29, 0.717) is 5.92 Å². The lowest BCUT2D eigenvalue weighted by molar-refractivity contribution is 0.286. The quantitative estimate of drug-likeness (QED) is 0.735. The van der Waals surface area contributed by atoms with Crippen LogP contribution in [-0.4, -0.2) is 6.61 Å². The number of nitrogens with one attached hydrogen (secondary N) is 1. The average Bonchev–Trinajstić information content (AvgIpc) is 2.50. The van der Waals surface area contributed by atoms with Gasteiger partial charge < -0.3 is 10.1 Å². The molecule has 0 aliphatic heterocycles. The standard InChI is InChI=1S/C19H24ClNO/c1-15(2)11-12-22-19-10-6-4-8-17(19)14-21-13-16-7-3-5-9-18(16)20/h3-10,15,21H,11-14H2,1-2H3. The van der Waals surface area contributed by atoms with Gasteiger partial charge in [0, 0.05) is 23.7 Å². The lowest BCUT2D eigenvalue weighted by Gasteiger charge is -2.13. The summed E-state index contributed by atoms with van der Waals surface area (Å²) in [6.07, 6.45) is 1.07. The van der Waals surface area contributed by atoms with E-state index in [2.05, 4.69) is 25.2 Å². The van der Waals surface area contributed by atoms with Crippen LogP contribution in [0.15, 0.2) is 48.5 Å². The first-order valence-corrected chi connectivity index (χ1v) is 8.19. The van der Waals surface area contributed by atoms with Crippen molar-refractivity contribution in [1.29, 1.82) is 0 Å². The zero-order valence-corrected chi connectivity index (χ0v) is 14.1. The number of hydrogen-bond acceptors (Lipinski definition) is 2. The molecule has 0 radical (unpaired) electrons. The van der Waals surface area contributed by atoms with E-state index in [1.165, 1.54) is 5.56 Å². The van der Waals surface area contributed by atoms with Crippen LogP contribution in [0.4, 0.5) is 0 Å². The second kappa shape index (κ2) is 8.82. The van der Waals surface area contributed by atoms with Gasteiger partial charge in [-0.3, -0.25) is 0 Å². The van der Waals surface area contributed by atoms with Crippen LogP contribution in [0.25, 0.3) is 0 Å². The molecule has 0 aromatic heterocycles. The first-order chi connectivity index (χ1) is 10.7. The van der Waals surface area contributed by atoms with E-state index < -0.39 is 0 Å². The molecule has 0 saturated heterocycles. The molecule has 0 saturated carbocycles. The fourth-order valence-corrected chi connectivity index (χ4v) is 2.37. The topological polar surface area (TPSA) is 21.3 Å². The lowest BCUT2D eigenvalue weighted by atomic mass is 10.1. The van der Waals surface area contributed by atoms with Gasteiger partial charge in [-0.05, 0) is 30.0 Å². The Morgan fingerprint density at radius 2 is 1.59 bits per heavy atom. The zero-order valence-electron chi connectivity index (χ0n) is 13.3. The van der Waals surface area contributed by atoms with Gasteiger partial charge in [-0.15, -0.1) is 0 Å². The number of para-hydroxylation sites is 1. The molecular weight excluding hydrogens is 294 g/mol. The Morgan fingerprint density at radius 1 is 0.955 bits per heavy atom. The lowest BCUT2D eigenvalue weighted by Crippen LogP contribution is -2.14. The summed E-state index contributed by atoms with van der Waals surface area (Å²) in [5, 5.41) is 4.24. The Labute approximate surface area is 138 Å². The van der Waals surface area contributed by atoms with Crippen molar-refractivity contribution in [2.75, 3.05) is 6.61 Å². The molecule has 2 aromatic rings. The molecule has 22 heavy (non-hydrogen) atoms. The predicted octanol–water partition coefficient (Wildman–Crippen LogP) is 5.05. The number of benzene rings is 2. The molecule has 2 nitrogen and oxygen atoms in total. The van der Waals surface area contributed by atoms with Gasteiger partial charge in [0.15, 0.2) is 0 Å². The van der Waals surface area contributed by atoms with E-state index in [1.54, 1.807) is 0 Å². The molecule has 0 bridgehead atoms. The molecule has 3 heteroatoms. The zero-order chi connectivity index (χ0) is 15.8. The Morgan fingerprint density at radius 3 is 2.32 bits per heavy atom. The summed E-state index contributed by atoms with van der Waals surface area (Å²) in [6.45, 7) is 6.70. The summed E-state index contributed by atoms with van der Waals surface area (Å²) < 4.78 is 5.91. The van der Waals surface area contributed by atoms with E-state index in [4.69, 9.17) is 16.3 Å². The van der Waals surface area contributed by atoms with Crippen LogP contribution in [0.5, 0.6) is 5.75 Å². The van der Waals surface area contributed by atoms with Crippen molar-refractivity contribution in [3.63, 3.8) is 0 Å². The number of ether oxygens (including phenoxy) is 1. The van der Waals surface area contributed by atoms with Crippen LogP contribution in [0.1, 0.15) is 31.4 Å². The highest BCUT2D eigenvalue weighted by atomic mass is 35.5. The van der Waals surface area contributed by atoms with Gasteiger partial charge in [0.05, 0.1) is 6.61 Å². The third kappa shape index (κ3) is 5.36. The van der Waals surface area contributed by atoms with Crippen LogP contribution >= 0.6 is 11.6 Å². The maximum absolute atomic E-state index is 6.17. The number of halogens is 1. The summed E-state index contributed by atoms with van der Waals surface area (Å²) in [5.41, 5.74) is 2.29. The highest BCUT2D eigenvalue weighted by Gasteiger charge is 2.04. The molecule has 0 aliphatic rings. The molecule has 0 heterocycles. The highest BCUT2D eigenvalue weighted by molar-refractivity contribution is 6.31. The van der Waals surface area contributed by atoms with E-state index in [0.717, 1.165) is 42.5 Å². The average molecular weight is 318 g/mol. The molecule has 1 N–H and O–H groups in total. The minimum absolute atomic E-state index is 0.658. The summed E-state index contributed by atoms with van der Waals surface area (Å²) in [5.74, 6) is 1.63. The molecule has 0 spiro atoms. The monoisotopic (exact) mass is 317 g/mol. The normalized spacial score (nSPS) is 10.9. The molecule has 118 valence electrons. The van der Waals surface area contributed by atoms with Crippen LogP contribution in [0.3, 0.4) is 0 Å². The van der Waals surface area contributed by atoms with Gasteiger partial charge in [0.2, 0.25) is 0 Å². The van der Waals surface area contributed by atoms with E-state index in [-0.39, 0.29) is 0 Å². The van der Waals surface area contributed by atoms with Gasteiger partial charge in [0.1, 0.15) is 5.75 Å². The van der Waals surface area contributed by atoms with Crippen molar-refractivity contribution in [3.8, 4) is 5.75 Å². The van der Waals surface area contributed by atoms with Crippen LogP contribution in [-0.2, 0) is 13.1 Å². The van der Waals surface area contributed by atoms with Crippen LogP contribution in [0, 0.1) is 5.92 Å². The van der Waals surface area contributed by atoms with Gasteiger partial charge in [-0.25, -0.2) is 0 Å². The van der Waals surface area contributed by atoms with E-state index in [1.807, 2.05) is 42.5 Å². The predicted molar refractivity (Wildman–Crippen MR) is 93.4 cm³/mol. The SMILES string of the molecule is CC(C)CCOc1ccccc1CNCc1ccccc1Cl. The molecule has 0 unspecified atom stereocenters. The van der Waals surface area contributed by atoms with E-state index in [9.17, 15) is 0 Å². The van der Waals surface area contributed by atoms with Gasteiger partial charge in [-0.2, -0.15) is 0 Å². The maximum Gasteiger partial charge on any atom is 0.123 e. The van der Waals surface area contributed by atoms with Crippen molar-refractivity contribution in [1.82, 2.24) is 5.32 Å². The summed E-state index contributed by atoms with van der Waals surface area (Å²) in [6, 6.07) is 16.1. The molecule has 0 amide bonds. The first kappa shape index (κ1) is 16.9. The third-order valence-corrected chi connectivity index (χ3v) is 3.88. The van der Waals surface area contributed by atoms with Gasteiger partial charge in [-0.1, -0.05) is 61.8 Å². The molecule has 2 aromatic carbocycles.